The van der Waals surface area contributed by atoms with E-state index in [1.54, 1.807) is 22.7 Å². The van der Waals surface area contributed by atoms with Gasteiger partial charge in [-0.05, 0) is 13.0 Å². The smallest absolute Gasteiger partial charge is 0.251 e. The first-order valence-electron chi connectivity index (χ1n) is 3.36. The third-order valence-electron chi connectivity index (χ3n) is 1.34. The Labute approximate surface area is 75.6 Å². The van der Waals surface area contributed by atoms with Crippen molar-refractivity contribution in [2.24, 2.45) is 0 Å². The summed E-state index contributed by atoms with van der Waals surface area (Å²) in [5.74, 6) is 0.935. The Bertz CT molecular complexity index is 212. The normalized spacial score (nSPS) is 18.3. The molecule has 4 heteroatoms. The molecule has 0 unspecified atom stereocenters. The molecule has 1 amide bonds. The van der Waals surface area contributed by atoms with Crippen LogP contribution >= 0.6 is 24.0 Å². The minimum absolute atomic E-state index is 0.00231. The van der Waals surface area contributed by atoms with Crippen molar-refractivity contribution in [3.63, 3.8) is 0 Å². The number of thiocarbonyl (C=S) groups is 1. The minimum Gasteiger partial charge on any atom is -0.293 e. The molecule has 2 nitrogen and oxygen atoms in total. The molecule has 1 rings (SSSR count). The van der Waals surface area contributed by atoms with Crippen LogP contribution in [0.25, 0.3) is 0 Å². The molecule has 1 saturated heterocycles. The van der Waals surface area contributed by atoms with Gasteiger partial charge in [0.1, 0.15) is 4.32 Å². The molecule has 0 aromatic rings. The van der Waals surface area contributed by atoms with E-state index in [-0.39, 0.29) is 5.91 Å². The Morgan fingerprint density at radius 2 is 2.55 bits per heavy atom. The molecule has 0 aromatic carbocycles. The molecule has 1 fully saturated rings. The first-order valence-corrected chi connectivity index (χ1v) is 4.76. The van der Waals surface area contributed by atoms with Gasteiger partial charge in [0, 0.05) is 12.3 Å². The average molecular weight is 187 g/mol. The number of hydrogen-bond acceptors (Lipinski definition) is 3. The van der Waals surface area contributed by atoms with Gasteiger partial charge < -0.3 is 0 Å². The highest BCUT2D eigenvalue weighted by Crippen LogP contribution is 2.17. The fourth-order valence-corrected chi connectivity index (χ4v) is 2.04. The third kappa shape index (κ3) is 2.04. The largest absolute Gasteiger partial charge is 0.293 e. The molecule has 0 radical (unpaired) electrons. The molecular formula is C7H9NOS2. The number of carbonyl (C=O) groups excluding carboxylic acids is 1. The average Bonchev–Trinajstić information content (AvgIpc) is 2.36. The van der Waals surface area contributed by atoms with Gasteiger partial charge >= 0.3 is 0 Å². The SMILES string of the molecule is C/C=C/C(=O)N1CCSC1=S. The van der Waals surface area contributed by atoms with Crippen molar-refractivity contribution in [1.29, 1.82) is 0 Å². The van der Waals surface area contributed by atoms with Crippen molar-refractivity contribution in [3.05, 3.63) is 12.2 Å². The molecule has 0 bridgehead atoms. The summed E-state index contributed by atoms with van der Waals surface area (Å²) in [5.41, 5.74) is 0. The quantitative estimate of drug-likeness (QED) is 0.457. The molecule has 0 aliphatic carbocycles. The summed E-state index contributed by atoms with van der Waals surface area (Å²) in [5, 5.41) is 0. The highest BCUT2D eigenvalue weighted by molar-refractivity contribution is 8.23. The first kappa shape index (κ1) is 8.74. The number of amides is 1. The van der Waals surface area contributed by atoms with E-state index in [1.807, 2.05) is 6.92 Å². The van der Waals surface area contributed by atoms with Crippen LogP contribution in [0, 0.1) is 0 Å². The topological polar surface area (TPSA) is 20.3 Å². The van der Waals surface area contributed by atoms with Gasteiger partial charge in [0.25, 0.3) is 5.91 Å². The van der Waals surface area contributed by atoms with Crippen molar-refractivity contribution in [2.75, 3.05) is 12.3 Å². The predicted octanol–water partition coefficient (Wildman–Crippen LogP) is 1.42. The van der Waals surface area contributed by atoms with E-state index in [9.17, 15) is 4.79 Å². The van der Waals surface area contributed by atoms with Crippen molar-refractivity contribution in [3.8, 4) is 0 Å². The number of rotatable bonds is 1. The van der Waals surface area contributed by atoms with Gasteiger partial charge in [-0.1, -0.05) is 30.1 Å². The van der Waals surface area contributed by atoms with Crippen LogP contribution in [0.15, 0.2) is 12.2 Å². The van der Waals surface area contributed by atoms with Crippen LogP contribution in [0.3, 0.4) is 0 Å². The summed E-state index contributed by atoms with van der Waals surface area (Å²) in [7, 11) is 0. The first-order chi connectivity index (χ1) is 5.25. The lowest BCUT2D eigenvalue weighted by molar-refractivity contribution is -0.121. The van der Waals surface area contributed by atoms with Gasteiger partial charge in [-0.3, -0.25) is 9.69 Å². The fraction of sp³-hybridized carbons (Fsp3) is 0.429. The van der Waals surface area contributed by atoms with Gasteiger partial charge in [-0.25, -0.2) is 0 Å². The zero-order valence-electron chi connectivity index (χ0n) is 6.24. The van der Waals surface area contributed by atoms with Crippen LogP contribution < -0.4 is 0 Å². The van der Waals surface area contributed by atoms with Gasteiger partial charge in [0.15, 0.2) is 0 Å². The maximum absolute atomic E-state index is 11.2. The van der Waals surface area contributed by atoms with Crippen molar-refractivity contribution < 1.29 is 4.79 Å². The number of hydrogen-bond donors (Lipinski definition) is 0. The number of carbonyl (C=O) groups is 1. The second-order valence-electron chi connectivity index (χ2n) is 2.10. The molecule has 11 heavy (non-hydrogen) atoms. The van der Waals surface area contributed by atoms with Crippen molar-refractivity contribution in [2.45, 2.75) is 6.92 Å². The van der Waals surface area contributed by atoms with E-state index in [4.69, 9.17) is 12.2 Å². The summed E-state index contributed by atoms with van der Waals surface area (Å²) >= 11 is 6.53. The summed E-state index contributed by atoms with van der Waals surface area (Å²) in [6, 6.07) is 0. The highest BCUT2D eigenvalue weighted by Gasteiger charge is 2.21. The summed E-state index contributed by atoms with van der Waals surface area (Å²) < 4.78 is 0.702. The third-order valence-corrected chi connectivity index (χ3v) is 2.76. The number of nitrogens with zero attached hydrogens (tertiary/aromatic N) is 1. The van der Waals surface area contributed by atoms with Gasteiger partial charge in [0.2, 0.25) is 0 Å². The van der Waals surface area contributed by atoms with E-state index < -0.39 is 0 Å². The summed E-state index contributed by atoms with van der Waals surface area (Å²) in [6.45, 7) is 2.58. The molecular weight excluding hydrogens is 178 g/mol. The Balaban J connectivity index is 2.59. The molecule has 0 aromatic heterocycles. The second-order valence-corrected chi connectivity index (χ2v) is 3.83. The number of allylic oxidation sites excluding steroid dienone is 1. The van der Waals surface area contributed by atoms with Crippen LogP contribution in [-0.2, 0) is 4.79 Å². The molecule has 1 aliphatic heterocycles. The lowest BCUT2D eigenvalue weighted by Gasteiger charge is -2.10. The van der Waals surface area contributed by atoms with E-state index in [2.05, 4.69) is 0 Å². The van der Waals surface area contributed by atoms with Gasteiger partial charge in [-0.2, -0.15) is 0 Å². The second kappa shape index (κ2) is 3.88. The van der Waals surface area contributed by atoms with E-state index in [0.29, 0.717) is 4.32 Å². The Kier molecular flexibility index (Phi) is 3.08. The van der Waals surface area contributed by atoms with Crippen LogP contribution in [0.4, 0.5) is 0 Å². The maximum atomic E-state index is 11.2. The molecule has 0 spiro atoms. The Hall–Kier alpha value is -0.350. The molecule has 0 atom stereocenters. The molecule has 0 saturated carbocycles. The van der Waals surface area contributed by atoms with Crippen LogP contribution in [-0.4, -0.2) is 27.4 Å². The van der Waals surface area contributed by atoms with Gasteiger partial charge in [-0.15, -0.1) is 0 Å². The molecule has 1 aliphatic rings. The predicted molar refractivity (Wildman–Crippen MR) is 51.6 cm³/mol. The van der Waals surface area contributed by atoms with Crippen LogP contribution in [0.5, 0.6) is 0 Å². The van der Waals surface area contributed by atoms with E-state index >= 15 is 0 Å². The highest BCUT2D eigenvalue weighted by atomic mass is 32.2. The van der Waals surface area contributed by atoms with E-state index in [0.717, 1.165) is 12.3 Å². The number of thioether (sulfide) groups is 1. The molecule has 0 N–H and O–H groups in total. The Morgan fingerprint density at radius 1 is 1.82 bits per heavy atom. The lowest BCUT2D eigenvalue weighted by atomic mass is 10.4. The maximum Gasteiger partial charge on any atom is 0.251 e. The molecule has 1 heterocycles. The zero-order valence-corrected chi connectivity index (χ0v) is 7.87. The molecule has 60 valence electrons. The monoisotopic (exact) mass is 187 g/mol. The summed E-state index contributed by atoms with van der Waals surface area (Å²) in [4.78, 5) is 12.8. The minimum atomic E-state index is 0.00231. The standard InChI is InChI=1S/C7H9NOS2/c1-2-3-6(9)8-4-5-11-7(8)10/h2-3H,4-5H2,1H3/b3-2+. The van der Waals surface area contributed by atoms with Crippen LogP contribution in [0.2, 0.25) is 0 Å². The lowest BCUT2D eigenvalue weighted by Crippen LogP contribution is -2.28. The summed E-state index contributed by atoms with van der Waals surface area (Å²) in [6.07, 6.45) is 3.27. The zero-order chi connectivity index (χ0) is 8.27. The fourth-order valence-electron chi connectivity index (χ4n) is 0.826. The van der Waals surface area contributed by atoms with Crippen molar-refractivity contribution in [1.82, 2.24) is 4.90 Å². The van der Waals surface area contributed by atoms with E-state index in [1.165, 1.54) is 6.08 Å². The Morgan fingerprint density at radius 3 is 3.00 bits per heavy atom. The van der Waals surface area contributed by atoms with Crippen molar-refractivity contribution >= 4 is 34.2 Å². The van der Waals surface area contributed by atoms with Gasteiger partial charge in [0.05, 0.1) is 0 Å². The van der Waals surface area contributed by atoms with Crippen LogP contribution in [0.1, 0.15) is 6.92 Å².